The molecule has 0 fully saturated rings. The number of para-hydroxylation sites is 1. The van der Waals surface area contributed by atoms with Crippen molar-refractivity contribution in [1.29, 1.82) is 0 Å². The van der Waals surface area contributed by atoms with Crippen LogP contribution in [0.15, 0.2) is 42.5 Å². The Kier molecular flexibility index (Phi) is 4.88. The Bertz CT molecular complexity index is 569. The van der Waals surface area contributed by atoms with Gasteiger partial charge in [-0.15, -0.1) is 0 Å². The molecule has 0 saturated heterocycles. The number of phenolic OH excluding ortho intramolecular Hbond substituents is 1. The summed E-state index contributed by atoms with van der Waals surface area (Å²) in [5.41, 5.74) is 1.95. The minimum Gasteiger partial charge on any atom is -0.506 e. The number of rotatable bonds is 5. The molecule has 0 spiro atoms. The predicted octanol–water partition coefficient (Wildman–Crippen LogP) is 3.91. The molecule has 20 heavy (non-hydrogen) atoms. The van der Waals surface area contributed by atoms with E-state index < -0.39 is 0 Å². The van der Waals surface area contributed by atoms with Crippen LogP contribution < -0.4 is 10.1 Å². The second-order valence-corrected chi connectivity index (χ2v) is 5.03. The van der Waals surface area contributed by atoms with E-state index in [4.69, 9.17) is 16.3 Å². The third kappa shape index (κ3) is 3.44. The first kappa shape index (κ1) is 14.7. The highest BCUT2D eigenvalue weighted by molar-refractivity contribution is 6.32. The zero-order valence-electron chi connectivity index (χ0n) is 11.6. The van der Waals surface area contributed by atoms with Crippen LogP contribution in [-0.2, 0) is 6.54 Å². The molecule has 0 radical (unpaired) electrons. The van der Waals surface area contributed by atoms with E-state index in [0.717, 1.165) is 16.9 Å². The molecule has 0 heterocycles. The highest BCUT2D eigenvalue weighted by Crippen LogP contribution is 2.27. The third-order valence-electron chi connectivity index (χ3n) is 3.28. The summed E-state index contributed by atoms with van der Waals surface area (Å²) < 4.78 is 5.14. The van der Waals surface area contributed by atoms with Crippen molar-refractivity contribution in [3.63, 3.8) is 0 Å². The van der Waals surface area contributed by atoms with Crippen LogP contribution in [0.5, 0.6) is 11.5 Å². The highest BCUT2D eigenvalue weighted by Gasteiger charge is 2.08. The molecule has 2 rings (SSSR count). The van der Waals surface area contributed by atoms with Gasteiger partial charge in [0.05, 0.1) is 12.1 Å². The number of phenols is 1. The van der Waals surface area contributed by atoms with Crippen molar-refractivity contribution in [2.45, 2.75) is 19.5 Å². The van der Waals surface area contributed by atoms with Crippen molar-refractivity contribution in [3.05, 3.63) is 58.6 Å². The van der Waals surface area contributed by atoms with Crippen LogP contribution in [0.4, 0.5) is 0 Å². The Labute approximate surface area is 124 Å². The number of aromatic hydroxyl groups is 1. The first-order valence-corrected chi connectivity index (χ1v) is 6.83. The topological polar surface area (TPSA) is 41.5 Å². The number of methoxy groups -OCH3 is 1. The lowest BCUT2D eigenvalue weighted by Crippen LogP contribution is -2.18. The van der Waals surface area contributed by atoms with Gasteiger partial charge in [-0.1, -0.05) is 35.9 Å². The van der Waals surface area contributed by atoms with Gasteiger partial charge in [-0.25, -0.2) is 0 Å². The Morgan fingerprint density at radius 2 is 1.90 bits per heavy atom. The van der Waals surface area contributed by atoms with Gasteiger partial charge in [-0.2, -0.15) is 0 Å². The standard InChI is InChI=1S/C16H18ClNO2/c1-11(12-6-8-14(20-2)9-7-12)18-10-13-4-3-5-15(17)16(13)19/h3-9,11,18-19H,10H2,1-2H3/t11-/m1/s1. The van der Waals surface area contributed by atoms with Crippen molar-refractivity contribution < 1.29 is 9.84 Å². The summed E-state index contributed by atoms with van der Waals surface area (Å²) in [5, 5.41) is 13.6. The molecule has 0 aliphatic rings. The number of ether oxygens (including phenoxy) is 1. The molecular formula is C16H18ClNO2. The molecule has 0 saturated carbocycles. The average Bonchev–Trinajstić information content (AvgIpc) is 2.48. The van der Waals surface area contributed by atoms with E-state index in [-0.39, 0.29) is 11.8 Å². The van der Waals surface area contributed by atoms with Gasteiger partial charge >= 0.3 is 0 Å². The fourth-order valence-corrected chi connectivity index (χ4v) is 2.17. The van der Waals surface area contributed by atoms with Crippen molar-refractivity contribution in [1.82, 2.24) is 5.32 Å². The number of halogens is 1. The van der Waals surface area contributed by atoms with Crippen molar-refractivity contribution >= 4 is 11.6 Å². The summed E-state index contributed by atoms with van der Waals surface area (Å²) in [5.74, 6) is 0.983. The maximum atomic E-state index is 9.86. The molecule has 3 nitrogen and oxygen atoms in total. The second-order valence-electron chi connectivity index (χ2n) is 4.62. The summed E-state index contributed by atoms with van der Waals surface area (Å²) in [7, 11) is 1.65. The van der Waals surface area contributed by atoms with Crippen LogP contribution in [0.3, 0.4) is 0 Å². The molecule has 0 aliphatic heterocycles. The first-order chi connectivity index (χ1) is 9.61. The second kappa shape index (κ2) is 6.64. The van der Waals surface area contributed by atoms with Crippen LogP contribution in [0, 0.1) is 0 Å². The molecular weight excluding hydrogens is 274 g/mol. The number of hydrogen-bond donors (Lipinski definition) is 2. The van der Waals surface area contributed by atoms with Crippen molar-refractivity contribution in [2.24, 2.45) is 0 Å². The Morgan fingerprint density at radius 1 is 1.20 bits per heavy atom. The first-order valence-electron chi connectivity index (χ1n) is 6.45. The SMILES string of the molecule is COc1ccc([C@@H](C)NCc2cccc(Cl)c2O)cc1. The van der Waals surface area contributed by atoms with Gasteiger partial charge in [0.25, 0.3) is 0 Å². The Hall–Kier alpha value is -1.71. The summed E-state index contributed by atoms with van der Waals surface area (Å²) in [6, 6.07) is 13.4. The largest absolute Gasteiger partial charge is 0.506 e. The van der Waals surface area contributed by atoms with Gasteiger partial charge in [0.15, 0.2) is 0 Å². The quantitative estimate of drug-likeness (QED) is 0.878. The monoisotopic (exact) mass is 291 g/mol. The lowest BCUT2D eigenvalue weighted by molar-refractivity contribution is 0.414. The molecule has 2 aromatic carbocycles. The van der Waals surface area contributed by atoms with Gasteiger partial charge < -0.3 is 15.2 Å². The van der Waals surface area contributed by atoms with Crippen molar-refractivity contribution in [3.8, 4) is 11.5 Å². The smallest absolute Gasteiger partial charge is 0.138 e. The minimum atomic E-state index is 0.142. The molecule has 0 unspecified atom stereocenters. The van der Waals surface area contributed by atoms with E-state index in [0.29, 0.717) is 11.6 Å². The molecule has 4 heteroatoms. The van der Waals surface area contributed by atoms with Gasteiger partial charge in [0.2, 0.25) is 0 Å². The summed E-state index contributed by atoms with van der Waals surface area (Å²) in [6.07, 6.45) is 0. The van der Waals surface area contributed by atoms with E-state index in [2.05, 4.69) is 12.2 Å². The molecule has 106 valence electrons. The molecule has 0 bridgehead atoms. The maximum Gasteiger partial charge on any atom is 0.138 e. The normalized spacial score (nSPS) is 12.2. The van der Waals surface area contributed by atoms with E-state index in [1.807, 2.05) is 36.4 Å². The Balaban J connectivity index is 2.00. The summed E-state index contributed by atoms with van der Waals surface area (Å²) >= 11 is 5.89. The van der Waals surface area contributed by atoms with Gasteiger partial charge in [-0.3, -0.25) is 0 Å². The fourth-order valence-electron chi connectivity index (χ4n) is 1.98. The van der Waals surface area contributed by atoms with Gasteiger partial charge in [-0.05, 0) is 30.7 Å². The molecule has 0 amide bonds. The van der Waals surface area contributed by atoms with Crippen molar-refractivity contribution in [2.75, 3.05) is 7.11 Å². The number of benzene rings is 2. The van der Waals surface area contributed by atoms with E-state index in [1.165, 1.54) is 0 Å². The lowest BCUT2D eigenvalue weighted by atomic mass is 10.1. The van der Waals surface area contributed by atoms with Crippen LogP contribution in [0.2, 0.25) is 5.02 Å². The van der Waals surface area contributed by atoms with E-state index in [9.17, 15) is 5.11 Å². The van der Waals surface area contributed by atoms with E-state index >= 15 is 0 Å². The van der Waals surface area contributed by atoms with Crippen LogP contribution in [0.1, 0.15) is 24.1 Å². The third-order valence-corrected chi connectivity index (χ3v) is 3.59. The van der Waals surface area contributed by atoms with Crippen LogP contribution >= 0.6 is 11.6 Å². The fraction of sp³-hybridized carbons (Fsp3) is 0.250. The number of nitrogens with one attached hydrogen (secondary N) is 1. The van der Waals surface area contributed by atoms with Crippen LogP contribution in [0.25, 0.3) is 0 Å². The zero-order chi connectivity index (χ0) is 14.5. The molecule has 1 atom stereocenters. The minimum absolute atomic E-state index is 0.142. The van der Waals surface area contributed by atoms with Gasteiger partial charge in [0, 0.05) is 18.2 Å². The summed E-state index contributed by atoms with van der Waals surface area (Å²) in [6.45, 7) is 2.63. The zero-order valence-corrected chi connectivity index (χ0v) is 12.3. The predicted molar refractivity (Wildman–Crippen MR) is 81.4 cm³/mol. The molecule has 0 aromatic heterocycles. The molecule has 2 aromatic rings. The molecule has 2 N–H and O–H groups in total. The average molecular weight is 292 g/mol. The van der Waals surface area contributed by atoms with Gasteiger partial charge in [0.1, 0.15) is 11.5 Å². The van der Waals surface area contributed by atoms with Crippen LogP contribution in [-0.4, -0.2) is 12.2 Å². The number of hydrogen-bond acceptors (Lipinski definition) is 3. The Morgan fingerprint density at radius 3 is 2.55 bits per heavy atom. The maximum absolute atomic E-state index is 9.86. The summed E-state index contributed by atoms with van der Waals surface area (Å²) in [4.78, 5) is 0. The molecule has 0 aliphatic carbocycles. The highest BCUT2D eigenvalue weighted by atomic mass is 35.5. The lowest BCUT2D eigenvalue weighted by Gasteiger charge is -2.15. The van der Waals surface area contributed by atoms with E-state index in [1.54, 1.807) is 13.2 Å².